The van der Waals surface area contributed by atoms with Crippen LogP contribution in [-0.4, -0.2) is 52.2 Å². The minimum absolute atomic E-state index is 0.192. The second kappa shape index (κ2) is 9.27. The number of hydrogen-bond donors (Lipinski definition) is 0. The lowest BCUT2D eigenvalue weighted by Gasteiger charge is -2.24. The van der Waals surface area contributed by atoms with Crippen molar-refractivity contribution in [2.75, 3.05) is 25.4 Å². The molecule has 29 heavy (non-hydrogen) atoms. The number of carbonyl (C=O) groups is 2. The summed E-state index contributed by atoms with van der Waals surface area (Å²) >= 11 is 1.63. The summed E-state index contributed by atoms with van der Waals surface area (Å²) in [5.74, 6) is 0.248. The molecule has 0 aliphatic carbocycles. The van der Waals surface area contributed by atoms with Gasteiger partial charge in [0, 0.05) is 25.4 Å². The highest BCUT2D eigenvalue weighted by Crippen LogP contribution is 2.24. The minimum atomic E-state index is -0.192. The first-order chi connectivity index (χ1) is 14.2. The molecule has 0 spiro atoms. The minimum Gasteiger partial charge on any atom is -0.351 e. The second-order valence-corrected chi connectivity index (χ2v) is 8.35. The summed E-state index contributed by atoms with van der Waals surface area (Å²) < 4.78 is 0. The first-order valence-corrected chi connectivity index (χ1v) is 11.2. The van der Waals surface area contributed by atoms with Gasteiger partial charge in [0.15, 0.2) is 5.17 Å². The molecule has 2 aliphatic rings. The number of nitrogens with zero attached hydrogens (tertiary/aromatic N) is 3. The summed E-state index contributed by atoms with van der Waals surface area (Å²) in [5, 5.41) is 0.981. The van der Waals surface area contributed by atoms with E-state index in [2.05, 4.69) is 4.90 Å². The highest BCUT2D eigenvalue weighted by Gasteiger charge is 2.34. The number of thioether (sulfide) groups is 1. The molecule has 150 valence electrons. The topological polar surface area (TPSA) is 53.0 Å². The van der Waals surface area contributed by atoms with Gasteiger partial charge in [-0.25, -0.2) is 4.99 Å². The summed E-state index contributed by atoms with van der Waals surface area (Å²) in [5.41, 5.74) is 1.95. The van der Waals surface area contributed by atoms with Gasteiger partial charge in [-0.05, 0) is 37.1 Å². The predicted octanol–water partition coefficient (Wildman–Crippen LogP) is 4.58. The molecule has 6 heteroatoms. The summed E-state index contributed by atoms with van der Waals surface area (Å²) in [7, 11) is 0. The third-order valence-electron chi connectivity index (χ3n) is 5.28. The van der Waals surface area contributed by atoms with Crippen molar-refractivity contribution in [3.63, 3.8) is 0 Å². The Labute approximate surface area is 175 Å². The zero-order valence-electron chi connectivity index (χ0n) is 16.4. The summed E-state index contributed by atoms with van der Waals surface area (Å²) in [6.07, 6.45) is 4.86. The molecule has 0 bridgehead atoms. The second-order valence-electron chi connectivity index (χ2n) is 7.29. The van der Waals surface area contributed by atoms with Gasteiger partial charge < -0.3 is 4.90 Å². The number of hydrogen-bond acceptors (Lipinski definition) is 4. The molecule has 0 radical (unpaired) electrons. The molecule has 2 aromatic carbocycles. The lowest BCUT2D eigenvalue weighted by atomic mass is 10.1. The van der Waals surface area contributed by atoms with Crippen LogP contribution in [0.2, 0.25) is 0 Å². The van der Waals surface area contributed by atoms with E-state index in [1.54, 1.807) is 36.0 Å². The van der Waals surface area contributed by atoms with Crippen molar-refractivity contribution in [2.45, 2.75) is 25.7 Å². The van der Waals surface area contributed by atoms with E-state index in [1.807, 2.05) is 30.3 Å². The van der Waals surface area contributed by atoms with Crippen LogP contribution < -0.4 is 0 Å². The Bertz CT molecular complexity index is 870. The Hall–Kier alpha value is -2.60. The number of amides is 2. The largest absolute Gasteiger partial charge is 0.351 e. The molecule has 0 unspecified atom stereocenters. The standard InChI is InChI=1S/C23H25N3O2S/c27-21-19-12-6-7-13-20(19)22(28)26(21)16-17-29-23(24-18-10-4-3-5-11-18)25-14-8-1-2-9-15-25/h3-7,10-13H,1-2,8-9,14-17H2. The summed E-state index contributed by atoms with van der Waals surface area (Å²) in [6, 6.07) is 17.0. The van der Waals surface area contributed by atoms with E-state index in [4.69, 9.17) is 4.99 Å². The van der Waals surface area contributed by atoms with E-state index in [0.717, 1.165) is 23.9 Å². The van der Waals surface area contributed by atoms with Crippen LogP contribution in [0.1, 0.15) is 46.4 Å². The van der Waals surface area contributed by atoms with E-state index in [1.165, 1.54) is 30.6 Å². The first kappa shape index (κ1) is 19.7. The van der Waals surface area contributed by atoms with E-state index in [-0.39, 0.29) is 11.8 Å². The molecule has 0 N–H and O–H groups in total. The number of para-hydroxylation sites is 1. The molecule has 2 heterocycles. The Morgan fingerprint density at radius 1 is 0.828 bits per heavy atom. The van der Waals surface area contributed by atoms with Gasteiger partial charge in [0.2, 0.25) is 0 Å². The van der Waals surface area contributed by atoms with Gasteiger partial charge in [-0.15, -0.1) is 0 Å². The number of amidine groups is 1. The Kier molecular flexibility index (Phi) is 6.30. The van der Waals surface area contributed by atoms with Crippen molar-refractivity contribution in [2.24, 2.45) is 4.99 Å². The normalized spacial score (nSPS) is 17.4. The van der Waals surface area contributed by atoms with Crippen LogP contribution in [0.25, 0.3) is 0 Å². The third-order valence-corrected chi connectivity index (χ3v) is 6.28. The predicted molar refractivity (Wildman–Crippen MR) is 118 cm³/mol. The molecule has 2 aliphatic heterocycles. The van der Waals surface area contributed by atoms with Crippen molar-refractivity contribution in [3.05, 3.63) is 65.7 Å². The maximum atomic E-state index is 12.6. The van der Waals surface area contributed by atoms with Crippen molar-refractivity contribution in [1.29, 1.82) is 0 Å². The molecule has 2 amide bonds. The van der Waals surface area contributed by atoms with Crippen LogP contribution in [0.3, 0.4) is 0 Å². The van der Waals surface area contributed by atoms with Crippen LogP contribution in [-0.2, 0) is 0 Å². The smallest absolute Gasteiger partial charge is 0.261 e. The fourth-order valence-corrected chi connectivity index (χ4v) is 4.73. The fourth-order valence-electron chi connectivity index (χ4n) is 3.74. The maximum Gasteiger partial charge on any atom is 0.261 e. The molecular formula is C23H25N3O2S. The fraction of sp³-hybridized carbons (Fsp3) is 0.348. The number of benzene rings is 2. The van der Waals surface area contributed by atoms with Crippen LogP contribution in [0.4, 0.5) is 5.69 Å². The summed E-state index contributed by atoms with van der Waals surface area (Å²) in [6.45, 7) is 2.40. The first-order valence-electron chi connectivity index (χ1n) is 10.2. The number of fused-ring (bicyclic) bond motifs is 1. The molecule has 0 saturated carbocycles. The third kappa shape index (κ3) is 4.53. The SMILES string of the molecule is O=C1c2ccccc2C(=O)N1CCSC(=Nc1ccccc1)N1CCCCCC1. The van der Waals surface area contributed by atoms with Gasteiger partial charge in [0.25, 0.3) is 11.8 Å². The Balaban J connectivity index is 1.45. The van der Waals surface area contributed by atoms with Crippen LogP contribution in [0.15, 0.2) is 59.6 Å². The van der Waals surface area contributed by atoms with E-state index in [9.17, 15) is 9.59 Å². The Morgan fingerprint density at radius 3 is 2.03 bits per heavy atom. The average molecular weight is 408 g/mol. The number of likely N-dealkylation sites (tertiary alicyclic amines) is 1. The molecule has 1 saturated heterocycles. The number of rotatable bonds is 4. The molecule has 2 aromatic rings. The molecule has 5 nitrogen and oxygen atoms in total. The molecule has 4 rings (SSSR count). The monoisotopic (exact) mass is 407 g/mol. The summed E-state index contributed by atoms with van der Waals surface area (Å²) in [4.78, 5) is 33.8. The number of carbonyl (C=O) groups excluding carboxylic acids is 2. The van der Waals surface area contributed by atoms with Crippen molar-refractivity contribution in [1.82, 2.24) is 9.80 Å². The highest BCUT2D eigenvalue weighted by atomic mass is 32.2. The van der Waals surface area contributed by atoms with Gasteiger partial charge in [-0.1, -0.05) is 54.9 Å². The average Bonchev–Trinajstić information content (AvgIpc) is 2.94. The van der Waals surface area contributed by atoms with E-state index in [0.29, 0.717) is 23.4 Å². The van der Waals surface area contributed by atoms with Gasteiger partial charge in [-0.3, -0.25) is 14.5 Å². The number of aliphatic imine (C=N–C) groups is 1. The highest BCUT2D eigenvalue weighted by molar-refractivity contribution is 8.13. The molecular weight excluding hydrogens is 382 g/mol. The van der Waals surface area contributed by atoms with E-state index >= 15 is 0 Å². The van der Waals surface area contributed by atoms with Gasteiger partial charge in [-0.2, -0.15) is 0 Å². The van der Waals surface area contributed by atoms with Gasteiger partial charge >= 0.3 is 0 Å². The van der Waals surface area contributed by atoms with Crippen molar-refractivity contribution >= 4 is 34.4 Å². The zero-order chi connectivity index (χ0) is 20.1. The van der Waals surface area contributed by atoms with Crippen molar-refractivity contribution < 1.29 is 9.59 Å². The van der Waals surface area contributed by atoms with Crippen LogP contribution >= 0.6 is 11.8 Å². The zero-order valence-corrected chi connectivity index (χ0v) is 17.2. The lowest BCUT2D eigenvalue weighted by Crippen LogP contribution is -2.34. The maximum absolute atomic E-state index is 12.6. The van der Waals surface area contributed by atoms with Crippen molar-refractivity contribution in [3.8, 4) is 0 Å². The van der Waals surface area contributed by atoms with Crippen LogP contribution in [0, 0.1) is 0 Å². The number of imide groups is 1. The van der Waals surface area contributed by atoms with E-state index < -0.39 is 0 Å². The van der Waals surface area contributed by atoms with Gasteiger partial charge in [0.05, 0.1) is 16.8 Å². The van der Waals surface area contributed by atoms with Crippen LogP contribution in [0.5, 0.6) is 0 Å². The molecule has 0 aromatic heterocycles. The van der Waals surface area contributed by atoms with Gasteiger partial charge in [0.1, 0.15) is 0 Å². The molecule has 1 fully saturated rings. The molecule has 0 atom stereocenters. The quantitative estimate of drug-likeness (QED) is 0.423. The Morgan fingerprint density at radius 2 is 1.41 bits per heavy atom. The lowest BCUT2D eigenvalue weighted by molar-refractivity contribution is 0.0664.